The zero-order chi connectivity index (χ0) is 20.1. The van der Waals surface area contributed by atoms with Crippen molar-refractivity contribution in [3.63, 3.8) is 0 Å². The van der Waals surface area contributed by atoms with Gasteiger partial charge in [0.2, 0.25) is 0 Å². The van der Waals surface area contributed by atoms with Crippen LogP contribution < -0.4 is 15.5 Å². The van der Waals surface area contributed by atoms with Gasteiger partial charge in [0.15, 0.2) is 0 Å². The highest BCUT2D eigenvalue weighted by atomic mass is 16.2. The van der Waals surface area contributed by atoms with Crippen LogP contribution in [-0.4, -0.2) is 50.9 Å². The Hall–Kier alpha value is -2.86. The first-order valence-electron chi connectivity index (χ1n) is 9.57. The van der Waals surface area contributed by atoms with Gasteiger partial charge in [-0.2, -0.15) is 0 Å². The SMILES string of the molecule is CNC(=O)C(=O)NC[C@@H](c1ccc(N(C)C)cc1)N1CCc2ccccc2C1. The molecule has 0 aliphatic carbocycles. The third-order valence-corrected chi connectivity index (χ3v) is 5.28. The van der Waals surface area contributed by atoms with Crippen LogP contribution in [0, 0.1) is 0 Å². The molecule has 0 fully saturated rings. The first-order chi connectivity index (χ1) is 13.5. The van der Waals surface area contributed by atoms with Crippen molar-refractivity contribution in [1.29, 1.82) is 0 Å². The highest BCUT2D eigenvalue weighted by Crippen LogP contribution is 2.28. The summed E-state index contributed by atoms with van der Waals surface area (Å²) < 4.78 is 0. The Morgan fingerprint density at radius 2 is 1.71 bits per heavy atom. The van der Waals surface area contributed by atoms with Gasteiger partial charge in [0, 0.05) is 46.5 Å². The van der Waals surface area contributed by atoms with E-state index in [1.54, 1.807) is 0 Å². The van der Waals surface area contributed by atoms with E-state index >= 15 is 0 Å². The fraction of sp³-hybridized carbons (Fsp3) is 0.364. The van der Waals surface area contributed by atoms with Gasteiger partial charge in [-0.3, -0.25) is 14.5 Å². The Labute approximate surface area is 166 Å². The number of hydrogen-bond acceptors (Lipinski definition) is 4. The van der Waals surface area contributed by atoms with Gasteiger partial charge in [0.1, 0.15) is 0 Å². The van der Waals surface area contributed by atoms with Crippen LogP contribution >= 0.6 is 0 Å². The fourth-order valence-electron chi connectivity index (χ4n) is 3.62. The molecule has 2 amide bonds. The van der Waals surface area contributed by atoms with Gasteiger partial charge in [-0.05, 0) is 35.2 Å². The number of carbonyl (C=O) groups is 2. The van der Waals surface area contributed by atoms with Gasteiger partial charge in [-0.25, -0.2) is 0 Å². The Morgan fingerprint density at radius 1 is 1.04 bits per heavy atom. The van der Waals surface area contributed by atoms with Gasteiger partial charge < -0.3 is 15.5 Å². The average molecular weight is 380 g/mol. The predicted octanol–water partition coefficient (Wildman–Crippen LogP) is 1.71. The molecule has 0 radical (unpaired) electrons. The number of fused-ring (bicyclic) bond motifs is 1. The lowest BCUT2D eigenvalue weighted by atomic mass is 9.96. The molecule has 2 aromatic rings. The molecule has 1 aliphatic rings. The number of nitrogens with zero attached hydrogens (tertiary/aromatic N) is 2. The number of anilines is 1. The largest absolute Gasteiger partial charge is 0.378 e. The van der Waals surface area contributed by atoms with E-state index in [4.69, 9.17) is 0 Å². The van der Waals surface area contributed by atoms with Crippen molar-refractivity contribution in [3.8, 4) is 0 Å². The maximum atomic E-state index is 12.0. The maximum Gasteiger partial charge on any atom is 0.309 e. The highest BCUT2D eigenvalue weighted by molar-refractivity contribution is 6.35. The summed E-state index contributed by atoms with van der Waals surface area (Å²) in [5.74, 6) is -1.22. The summed E-state index contributed by atoms with van der Waals surface area (Å²) in [4.78, 5) is 28.0. The number of rotatable bonds is 5. The molecule has 1 aliphatic heterocycles. The second-order valence-electron chi connectivity index (χ2n) is 7.28. The Kier molecular flexibility index (Phi) is 6.31. The van der Waals surface area contributed by atoms with E-state index < -0.39 is 11.8 Å². The lowest BCUT2D eigenvalue weighted by molar-refractivity contribution is -0.139. The van der Waals surface area contributed by atoms with E-state index in [0.29, 0.717) is 6.54 Å². The van der Waals surface area contributed by atoms with E-state index in [1.807, 2.05) is 14.1 Å². The molecule has 148 valence electrons. The molecule has 1 heterocycles. The third-order valence-electron chi connectivity index (χ3n) is 5.28. The number of nitrogens with one attached hydrogen (secondary N) is 2. The van der Waals surface area contributed by atoms with Crippen molar-refractivity contribution < 1.29 is 9.59 Å². The Morgan fingerprint density at radius 3 is 2.36 bits per heavy atom. The van der Waals surface area contributed by atoms with Crippen LogP contribution in [0.1, 0.15) is 22.7 Å². The van der Waals surface area contributed by atoms with Crippen molar-refractivity contribution in [2.45, 2.75) is 19.0 Å². The van der Waals surface area contributed by atoms with Gasteiger partial charge in [0.25, 0.3) is 0 Å². The first kappa shape index (κ1) is 19.9. The van der Waals surface area contributed by atoms with E-state index in [2.05, 4.69) is 69.0 Å². The molecule has 6 heteroatoms. The van der Waals surface area contributed by atoms with Crippen LogP contribution in [0.2, 0.25) is 0 Å². The molecule has 2 aromatic carbocycles. The lowest BCUT2D eigenvalue weighted by Gasteiger charge is -2.36. The molecular formula is C22H28N4O2. The molecule has 6 nitrogen and oxygen atoms in total. The topological polar surface area (TPSA) is 64.7 Å². The van der Waals surface area contributed by atoms with Crippen LogP contribution in [0.25, 0.3) is 0 Å². The molecule has 0 bridgehead atoms. The minimum absolute atomic E-state index is 0.00169. The molecule has 2 N–H and O–H groups in total. The minimum Gasteiger partial charge on any atom is -0.378 e. The monoisotopic (exact) mass is 380 g/mol. The van der Waals surface area contributed by atoms with E-state index in [1.165, 1.54) is 18.2 Å². The van der Waals surface area contributed by atoms with Gasteiger partial charge >= 0.3 is 11.8 Å². The smallest absolute Gasteiger partial charge is 0.309 e. The molecule has 0 saturated carbocycles. The minimum atomic E-state index is -0.620. The Bertz CT molecular complexity index is 833. The summed E-state index contributed by atoms with van der Waals surface area (Å²) in [6, 6.07) is 16.9. The molecule has 0 spiro atoms. The summed E-state index contributed by atoms with van der Waals surface area (Å²) in [5, 5.41) is 5.16. The van der Waals surface area contributed by atoms with Gasteiger partial charge in [0.05, 0.1) is 6.04 Å². The molecular weight excluding hydrogens is 352 g/mol. The van der Waals surface area contributed by atoms with Crippen LogP contribution in [-0.2, 0) is 22.6 Å². The fourth-order valence-corrected chi connectivity index (χ4v) is 3.62. The van der Waals surface area contributed by atoms with Crippen LogP contribution in [0.5, 0.6) is 0 Å². The molecule has 28 heavy (non-hydrogen) atoms. The van der Waals surface area contributed by atoms with Crippen LogP contribution in [0.3, 0.4) is 0 Å². The molecule has 0 unspecified atom stereocenters. The summed E-state index contributed by atoms with van der Waals surface area (Å²) >= 11 is 0. The highest BCUT2D eigenvalue weighted by Gasteiger charge is 2.26. The molecule has 0 saturated heterocycles. The summed E-state index contributed by atoms with van der Waals surface area (Å²) in [5.41, 5.74) is 4.96. The second-order valence-corrected chi connectivity index (χ2v) is 7.28. The number of amides is 2. The number of hydrogen-bond donors (Lipinski definition) is 2. The average Bonchev–Trinajstić information content (AvgIpc) is 2.73. The number of likely N-dealkylation sites (N-methyl/N-ethyl adjacent to an activating group) is 1. The van der Waals surface area contributed by atoms with Gasteiger partial charge in [-0.15, -0.1) is 0 Å². The van der Waals surface area contributed by atoms with Crippen molar-refractivity contribution >= 4 is 17.5 Å². The number of carbonyl (C=O) groups excluding carboxylic acids is 2. The Balaban J connectivity index is 1.82. The first-order valence-corrected chi connectivity index (χ1v) is 9.57. The van der Waals surface area contributed by atoms with Crippen molar-refractivity contribution in [2.24, 2.45) is 0 Å². The van der Waals surface area contributed by atoms with Crippen molar-refractivity contribution in [1.82, 2.24) is 15.5 Å². The molecule has 3 rings (SSSR count). The standard InChI is InChI=1S/C22H28N4O2/c1-23-21(27)22(28)24-14-20(17-8-10-19(11-9-17)25(2)3)26-13-12-16-6-4-5-7-18(16)15-26/h4-11,20H,12-15H2,1-3H3,(H,23,27)(H,24,28)/t20-/m0/s1. The third kappa shape index (κ3) is 4.51. The summed E-state index contributed by atoms with van der Waals surface area (Å²) in [6.45, 7) is 2.12. The maximum absolute atomic E-state index is 12.0. The van der Waals surface area contributed by atoms with Crippen LogP contribution in [0.15, 0.2) is 48.5 Å². The lowest BCUT2D eigenvalue weighted by Crippen LogP contribution is -2.44. The molecule has 0 aromatic heterocycles. The van der Waals surface area contributed by atoms with Crippen LogP contribution in [0.4, 0.5) is 5.69 Å². The van der Waals surface area contributed by atoms with E-state index in [0.717, 1.165) is 30.8 Å². The number of benzene rings is 2. The predicted molar refractivity (Wildman–Crippen MR) is 111 cm³/mol. The zero-order valence-corrected chi connectivity index (χ0v) is 16.7. The van der Waals surface area contributed by atoms with E-state index in [9.17, 15) is 9.59 Å². The van der Waals surface area contributed by atoms with Gasteiger partial charge in [-0.1, -0.05) is 36.4 Å². The quantitative estimate of drug-likeness (QED) is 0.776. The van der Waals surface area contributed by atoms with E-state index in [-0.39, 0.29) is 6.04 Å². The molecule has 1 atom stereocenters. The van der Waals surface area contributed by atoms with Crippen molar-refractivity contribution in [2.75, 3.05) is 39.1 Å². The summed E-state index contributed by atoms with van der Waals surface area (Å²) in [6.07, 6.45) is 0.978. The van der Waals surface area contributed by atoms with Crippen molar-refractivity contribution in [3.05, 3.63) is 65.2 Å². The zero-order valence-electron chi connectivity index (χ0n) is 16.7. The summed E-state index contributed by atoms with van der Waals surface area (Å²) in [7, 11) is 5.48. The second kappa shape index (κ2) is 8.89. The normalized spacial score (nSPS) is 14.7.